The van der Waals surface area contributed by atoms with Crippen molar-refractivity contribution in [1.29, 1.82) is 0 Å². The molecule has 3 heterocycles. The number of nitrogen functional groups attached to an aromatic ring is 1. The molecule has 5 heteroatoms. The first-order valence-corrected chi connectivity index (χ1v) is 6.02. The minimum Gasteiger partial charge on any atom is -0.382 e. The van der Waals surface area contributed by atoms with E-state index in [1.807, 2.05) is 29.6 Å². The van der Waals surface area contributed by atoms with Gasteiger partial charge in [0.1, 0.15) is 0 Å². The maximum Gasteiger partial charge on any atom is 0.154 e. The highest BCUT2D eigenvalue weighted by Gasteiger charge is 2.15. The van der Waals surface area contributed by atoms with Crippen LogP contribution in [0.3, 0.4) is 0 Å². The van der Waals surface area contributed by atoms with Crippen LogP contribution >= 0.6 is 11.3 Å². The first kappa shape index (κ1) is 10.0. The molecule has 0 aliphatic rings. The molecule has 3 aromatic heterocycles. The number of hydrogen-bond acceptors (Lipinski definition) is 4. The van der Waals surface area contributed by atoms with E-state index in [0.717, 1.165) is 21.7 Å². The van der Waals surface area contributed by atoms with Gasteiger partial charge in [-0.25, -0.2) is 0 Å². The van der Waals surface area contributed by atoms with Crippen LogP contribution in [0.25, 0.3) is 21.7 Å². The molecule has 0 bridgehead atoms. The summed E-state index contributed by atoms with van der Waals surface area (Å²) in [5.74, 6) is 0.520. The number of hydrogen-bond donors (Lipinski definition) is 2. The van der Waals surface area contributed by atoms with Crippen LogP contribution in [-0.4, -0.2) is 15.2 Å². The SMILES string of the molecule is Nc1n[nH]c(-c2cccnc2)c1-c1cccs1. The van der Waals surface area contributed by atoms with Crippen molar-refractivity contribution in [3.05, 3.63) is 42.0 Å². The Balaban J connectivity index is 2.20. The highest BCUT2D eigenvalue weighted by Crippen LogP contribution is 2.36. The lowest BCUT2D eigenvalue weighted by Crippen LogP contribution is -1.87. The van der Waals surface area contributed by atoms with Crippen LogP contribution in [0.4, 0.5) is 5.82 Å². The maximum absolute atomic E-state index is 5.91. The normalized spacial score (nSPS) is 10.6. The molecule has 3 aromatic rings. The summed E-state index contributed by atoms with van der Waals surface area (Å²) in [4.78, 5) is 5.21. The summed E-state index contributed by atoms with van der Waals surface area (Å²) < 4.78 is 0. The van der Waals surface area contributed by atoms with Crippen LogP contribution in [-0.2, 0) is 0 Å². The van der Waals surface area contributed by atoms with E-state index in [9.17, 15) is 0 Å². The third-order valence-electron chi connectivity index (χ3n) is 2.51. The average Bonchev–Trinajstić information content (AvgIpc) is 2.99. The highest BCUT2D eigenvalue weighted by molar-refractivity contribution is 7.13. The summed E-state index contributed by atoms with van der Waals surface area (Å²) in [6.45, 7) is 0. The van der Waals surface area contributed by atoms with Crippen molar-refractivity contribution in [3.63, 3.8) is 0 Å². The summed E-state index contributed by atoms with van der Waals surface area (Å²) in [5, 5.41) is 9.07. The summed E-state index contributed by atoms with van der Waals surface area (Å²) in [5.41, 5.74) is 8.77. The summed E-state index contributed by atoms with van der Waals surface area (Å²) >= 11 is 1.64. The molecule has 17 heavy (non-hydrogen) atoms. The molecule has 0 unspecified atom stereocenters. The number of thiophene rings is 1. The molecule has 0 spiro atoms. The summed E-state index contributed by atoms with van der Waals surface area (Å²) in [7, 11) is 0. The van der Waals surface area contributed by atoms with Crippen molar-refractivity contribution in [2.45, 2.75) is 0 Å². The fourth-order valence-electron chi connectivity index (χ4n) is 1.75. The largest absolute Gasteiger partial charge is 0.382 e. The molecule has 0 amide bonds. The van der Waals surface area contributed by atoms with Crippen molar-refractivity contribution < 1.29 is 0 Å². The van der Waals surface area contributed by atoms with Gasteiger partial charge in [0.25, 0.3) is 0 Å². The molecule has 4 nitrogen and oxygen atoms in total. The zero-order valence-corrected chi connectivity index (χ0v) is 9.74. The van der Waals surface area contributed by atoms with Crippen molar-refractivity contribution in [2.75, 3.05) is 5.73 Å². The highest BCUT2D eigenvalue weighted by atomic mass is 32.1. The second-order valence-electron chi connectivity index (χ2n) is 3.58. The third kappa shape index (κ3) is 1.70. The second-order valence-corrected chi connectivity index (χ2v) is 4.53. The Bertz CT molecular complexity index is 613. The third-order valence-corrected chi connectivity index (χ3v) is 3.40. The zero-order chi connectivity index (χ0) is 11.7. The van der Waals surface area contributed by atoms with E-state index in [1.165, 1.54) is 0 Å². The van der Waals surface area contributed by atoms with Gasteiger partial charge in [-0.05, 0) is 23.6 Å². The van der Waals surface area contributed by atoms with Gasteiger partial charge in [-0.15, -0.1) is 11.3 Å². The van der Waals surface area contributed by atoms with E-state index >= 15 is 0 Å². The van der Waals surface area contributed by atoms with Crippen LogP contribution in [0, 0.1) is 0 Å². The van der Waals surface area contributed by atoms with E-state index in [2.05, 4.69) is 15.2 Å². The molecule has 0 radical (unpaired) electrons. The summed E-state index contributed by atoms with van der Waals surface area (Å²) in [6, 6.07) is 7.91. The number of nitrogens with one attached hydrogen (secondary N) is 1. The Hall–Kier alpha value is -2.14. The van der Waals surface area contributed by atoms with E-state index in [-0.39, 0.29) is 0 Å². The lowest BCUT2D eigenvalue weighted by molar-refractivity contribution is 1.10. The lowest BCUT2D eigenvalue weighted by Gasteiger charge is -2.01. The van der Waals surface area contributed by atoms with Crippen molar-refractivity contribution in [2.24, 2.45) is 0 Å². The summed E-state index contributed by atoms with van der Waals surface area (Å²) in [6.07, 6.45) is 3.54. The molecular weight excluding hydrogens is 232 g/mol. The Labute approximate surface area is 102 Å². The van der Waals surface area contributed by atoms with Crippen LogP contribution in [0.1, 0.15) is 0 Å². The van der Waals surface area contributed by atoms with Gasteiger partial charge in [0.2, 0.25) is 0 Å². The Morgan fingerprint density at radius 1 is 1.24 bits per heavy atom. The molecule has 0 saturated heterocycles. The van der Waals surface area contributed by atoms with Gasteiger partial charge in [-0.1, -0.05) is 6.07 Å². The number of anilines is 1. The molecule has 3 rings (SSSR count). The predicted octanol–water partition coefficient (Wildman–Crippen LogP) is 2.78. The number of rotatable bonds is 2. The minimum absolute atomic E-state index is 0.520. The monoisotopic (exact) mass is 242 g/mol. The molecule has 0 fully saturated rings. The molecule has 3 N–H and O–H groups in total. The topological polar surface area (TPSA) is 67.6 Å². The van der Waals surface area contributed by atoms with Gasteiger partial charge in [0.05, 0.1) is 11.3 Å². The van der Waals surface area contributed by atoms with E-state index < -0.39 is 0 Å². The fraction of sp³-hybridized carbons (Fsp3) is 0. The standard InChI is InChI=1S/C12H10N4S/c13-12-10(9-4-2-6-17-9)11(15-16-12)8-3-1-5-14-7-8/h1-7H,(H3,13,15,16). The first-order chi connectivity index (χ1) is 8.36. The smallest absolute Gasteiger partial charge is 0.154 e. The fourth-order valence-corrected chi connectivity index (χ4v) is 2.53. The molecule has 0 saturated carbocycles. The van der Waals surface area contributed by atoms with Gasteiger partial charge >= 0.3 is 0 Å². The van der Waals surface area contributed by atoms with Crippen LogP contribution < -0.4 is 5.73 Å². The van der Waals surface area contributed by atoms with Crippen LogP contribution in [0.15, 0.2) is 42.0 Å². The van der Waals surface area contributed by atoms with Crippen LogP contribution in [0.5, 0.6) is 0 Å². The van der Waals surface area contributed by atoms with Crippen molar-refractivity contribution >= 4 is 17.2 Å². The number of aromatic nitrogens is 3. The maximum atomic E-state index is 5.91. The van der Waals surface area contributed by atoms with Gasteiger partial charge in [-0.3, -0.25) is 10.1 Å². The lowest BCUT2D eigenvalue weighted by atomic mass is 10.1. The Kier molecular flexibility index (Phi) is 2.38. The minimum atomic E-state index is 0.520. The molecular formula is C12H10N4S. The van der Waals surface area contributed by atoms with Gasteiger partial charge in [-0.2, -0.15) is 5.10 Å². The van der Waals surface area contributed by atoms with Gasteiger partial charge < -0.3 is 5.73 Å². The number of aromatic amines is 1. The number of H-pyrrole nitrogens is 1. The van der Waals surface area contributed by atoms with E-state index in [4.69, 9.17) is 5.73 Å². The number of pyridine rings is 1. The molecule has 0 aliphatic heterocycles. The van der Waals surface area contributed by atoms with Gasteiger partial charge in [0.15, 0.2) is 5.82 Å². The number of nitrogens with zero attached hydrogens (tertiary/aromatic N) is 2. The van der Waals surface area contributed by atoms with E-state index in [0.29, 0.717) is 5.82 Å². The first-order valence-electron chi connectivity index (χ1n) is 5.14. The predicted molar refractivity (Wildman–Crippen MR) is 69.5 cm³/mol. The molecule has 0 atom stereocenters. The van der Waals surface area contributed by atoms with Crippen molar-refractivity contribution in [1.82, 2.24) is 15.2 Å². The molecule has 84 valence electrons. The molecule has 0 aromatic carbocycles. The number of nitrogens with two attached hydrogens (primary N) is 1. The average molecular weight is 242 g/mol. The van der Waals surface area contributed by atoms with Crippen molar-refractivity contribution in [3.8, 4) is 21.7 Å². The Morgan fingerprint density at radius 3 is 2.88 bits per heavy atom. The zero-order valence-electron chi connectivity index (χ0n) is 8.92. The van der Waals surface area contributed by atoms with E-state index in [1.54, 1.807) is 23.7 Å². The quantitative estimate of drug-likeness (QED) is 0.726. The Morgan fingerprint density at radius 2 is 2.18 bits per heavy atom. The second kappa shape index (κ2) is 4.03. The van der Waals surface area contributed by atoms with Crippen LogP contribution in [0.2, 0.25) is 0 Å². The molecule has 0 aliphatic carbocycles. The van der Waals surface area contributed by atoms with Gasteiger partial charge in [0, 0.05) is 22.8 Å².